The van der Waals surface area contributed by atoms with Gasteiger partial charge in [0.15, 0.2) is 0 Å². The van der Waals surface area contributed by atoms with Crippen molar-refractivity contribution in [2.75, 3.05) is 24.1 Å². The van der Waals surface area contributed by atoms with Crippen LogP contribution in [0, 0.1) is 0 Å². The predicted molar refractivity (Wildman–Crippen MR) is 140 cm³/mol. The summed E-state index contributed by atoms with van der Waals surface area (Å²) in [6.07, 6.45) is 0.172. The van der Waals surface area contributed by atoms with Crippen LogP contribution in [0.3, 0.4) is 0 Å². The molecule has 5 rings (SSSR count). The standard InChI is InChI=1S/C27H26F3N7O3/c1-15(38)26(40)36-11-2-3-18(14-36)24-35-21(22-23(31)33-10-12-37(22)24)16-4-6-17(7-5-16)25(39)34-20-13-19(8-9-32-20)27(28,29)30/h4-10,12-13,15,18,38H,2-3,11,14H2,1H3,(H2,31,33)(H,32,34,39)/t15-,18-/m1/s1. The summed E-state index contributed by atoms with van der Waals surface area (Å²) in [5, 5.41) is 12.2. The van der Waals surface area contributed by atoms with E-state index in [0.717, 1.165) is 31.2 Å². The number of nitrogen functional groups attached to an aromatic ring is 1. The van der Waals surface area contributed by atoms with Crippen molar-refractivity contribution in [1.82, 2.24) is 24.3 Å². The maximum atomic E-state index is 13.0. The first-order chi connectivity index (χ1) is 19.0. The van der Waals surface area contributed by atoms with Gasteiger partial charge in [0.2, 0.25) is 0 Å². The number of alkyl halides is 3. The summed E-state index contributed by atoms with van der Waals surface area (Å²) in [7, 11) is 0. The molecular weight excluding hydrogens is 527 g/mol. The zero-order valence-corrected chi connectivity index (χ0v) is 21.4. The molecule has 40 heavy (non-hydrogen) atoms. The number of piperidine rings is 1. The molecule has 3 aromatic heterocycles. The van der Waals surface area contributed by atoms with Crippen LogP contribution in [0.2, 0.25) is 0 Å². The number of halogens is 3. The Morgan fingerprint density at radius 3 is 2.60 bits per heavy atom. The van der Waals surface area contributed by atoms with Crippen LogP contribution in [0.4, 0.5) is 24.8 Å². The predicted octanol–water partition coefficient (Wildman–Crippen LogP) is 3.73. The van der Waals surface area contributed by atoms with Gasteiger partial charge in [-0.25, -0.2) is 15.0 Å². The summed E-state index contributed by atoms with van der Waals surface area (Å²) in [5.41, 5.74) is 7.27. The zero-order valence-electron chi connectivity index (χ0n) is 21.4. The normalized spacial score (nSPS) is 16.6. The fourth-order valence-corrected chi connectivity index (χ4v) is 4.87. The number of nitrogens with one attached hydrogen (secondary N) is 1. The summed E-state index contributed by atoms with van der Waals surface area (Å²) < 4.78 is 40.8. The van der Waals surface area contributed by atoms with Gasteiger partial charge in [-0.1, -0.05) is 12.1 Å². The van der Waals surface area contributed by atoms with E-state index in [1.807, 2.05) is 4.40 Å². The van der Waals surface area contributed by atoms with Crippen molar-refractivity contribution >= 4 is 29.0 Å². The van der Waals surface area contributed by atoms with E-state index in [2.05, 4.69) is 15.3 Å². The Morgan fingerprint density at radius 2 is 1.90 bits per heavy atom. The molecule has 0 saturated carbocycles. The number of anilines is 2. The largest absolute Gasteiger partial charge is 0.416 e. The molecule has 4 aromatic rings. The number of fused-ring (bicyclic) bond motifs is 1. The number of imidazole rings is 1. The number of nitrogens with zero attached hydrogens (tertiary/aromatic N) is 5. The highest BCUT2D eigenvalue weighted by Gasteiger charge is 2.32. The number of hydrogen-bond donors (Lipinski definition) is 3. The average molecular weight is 554 g/mol. The van der Waals surface area contributed by atoms with Crippen molar-refractivity contribution in [2.24, 2.45) is 0 Å². The van der Waals surface area contributed by atoms with Crippen molar-refractivity contribution in [1.29, 1.82) is 0 Å². The van der Waals surface area contributed by atoms with Crippen molar-refractivity contribution in [3.63, 3.8) is 0 Å². The lowest BCUT2D eigenvalue weighted by atomic mass is 9.97. The lowest BCUT2D eigenvalue weighted by Gasteiger charge is -2.33. The molecule has 4 N–H and O–H groups in total. The van der Waals surface area contributed by atoms with E-state index in [0.29, 0.717) is 35.7 Å². The van der Waals surface area contributed by atoms with Crippen LogP contribution in [-0.2, 0) is 11.0 Å². The van der Waals surface area contributed by atoms with Gasteiger partial charge in [0, 0.05) is 48.7 Å². The number of amides is 2. The molecule has 1 aromatic carbocycles. The number of rotatable bonds is 5. The Kier molecular flexibility index (Phi) is 7.15. The maximum absolute atomic E-state index is 13.0. The first-order valence-electron chi connectivity index (χ1n) is 12.6. The first-order valence-corrected chi connectivity index (χ1v) is 12.6. The minimum Gasteiger partial charge on any atom is -0.384 e. The van der Waals surface area contributed by atoms with Crippen LogP contribution in [-0.4, -0.2) is 60.4 Å². The smallest absolute Gasteiger partial charge is 0.384 e. The number of nitrogens with two attached hydrogens (primary N) is 1. The van der Waals surface area contributed by atoms with Crippen molar-refractivity contribution in [2.45, 2.75) is 38.0 Å². The molecule has 1 aliphatic heterocycles. The average Bonchev–Trinajstić information content (AvgIpc) is 3.33. The van der Waals surface area contributed by atoms with E-state index in [1.165, 1.54) is 19.1 Å². The number of carbonyl (C=O) groups is 2. The fraction of sp³-hybridized carbons (Fsp3) is 0.296. The number of likely N-dealkylation sites (tertiary alicyclic amines) is 1. The molecule has 0 bridgehead atoms. The highest BCUT2D eigenvalue weighted by molar-refractivity contribution is 6.04. The van der Waals surface area contributed by atoms with Gasteiger partial charge in [-0.15, -0.1) is 0 Å². The van der Waals surface area contributed by atoms with E-state index in [1.54, 1.807) is 29.4 Å². The van der Waals surface area contributed by atoms with E-state index in [4.69, 9.17) is 10.7 Å². The molecule has 1 fully saturated rings. The number of benzene rings is 1. The number of aromatic nitrogens is 4. The first kappa shape index (κ1) is 27.1. The second-order valence-corrected chi connectivity index (χ2v) is 9.61. The number of carbonyl (C=O) groups excluding carboxylic acids is 2. The highest BCUT2D eigenvalue weighted by Crippen LogP contribution is 2.34. The molecule has 0 spiro atoms. The molecule has 208 valence electrons. The molecule has 0 aliphatic carbocycles. The third-order valence-electron chi connectivity index (χ3n) is 6.82. The molecular formula is C27H26F3N7O3. The van der Waals surface area contributed by atoms with E-state index < -0.39 is 23.8 Å². The van der Waals surface area contributed by atoms with Gasteiger partial charge in [-0.2, -0.15) is 13.2 Å². The summed E-state index contributed by atoms with van der Waals surface area (Å²) in [4.78, 5) is 39.6. The van der Waals surface area contributed by atoms with Crippen LogP contribution < -0.4 is 11.1 Å². The Balaban J connectivity index is 1.42. The number of pyridine rings is 1. The highest BCUT2D eigenvalue weighted by atomic mass is 19.4. The molecule has 1 aliphatic rings. The molecule has 0 unspecified atom stereocenters. The van der Waals surface area contributed by atoms with Crippen molar-refractivity contribution < 1.29 is 27.9 Å². The second-order valence-electron chi connectivity index (χ2n) is 9.61. The van der Waals surface area contributed by atoms with Gasteiger partial charge in [0.1, 0.15) is 34.8 Å². The topological polar surface area (TPSA) is 139 Å². The number of hydrogen-bond acceptors (Lipinski definition) is 7. The molecule has 1 saturated heterocycles. The SMILES string of the molecule is C[C@@H](O)C(=O)N1CCC[C@@H](c2nc(-c3ccc(C(=O)Nc4cc(C(F)(F)F)ccn4)cc3)c3c(N)nccn23)C1. The van der Waals surface area contributed by atoms with Gasteiger partial charge >= 0.3 is 6.18 Å². The quantitative estimate of drug-likeness (QED) is 0.342. The monoisotopic (exact) mass is 553 g/mol. The van der Waals surface area contributed by atoms with Gasteiger partial charge in [-0.3, -0.25) is 14.0 Å². The van der Waals surface area contributed by atoms with Crippen LogP contribution in [0.25, 0.3) is 16.8 Å². The van der Waals surface area contributed by atoms with Gasteiger partial charge in [0.25, 0.3) is 11.8 Å². The van der Waals surface area contributed by atoms with Crippen LogP contribution in [0.1, 0.15) is 47.4 Å². The summed E-state index contributed by atoms with van der Waals surface area (Å²) >= 11 is 0. The van der Waals surface area contributed by atoms with Crippen molar-refractivity contribution in [3.8, 4) is 11.3 Å². The minimum atomic E-state index is -4.56. The molecule has 0 radical (unpaired) electrons. The maximum Gasteiger partial charge on any atom is 0.416 e. The molecule has 13 heteroatoms. The lowest BCUT2D eigenvalue weighted by Crippen LogP contribution is -2.43. The third kappa shape index (κ3) is 5.32. The van der Waals surface area contributed by atoms with Crippen LogP contribution in [0.5, 0.6) is 0 Å². The Bertz CT molecular complexity index is 1570. The van der Waals surface area contributed by atoms with E-state index in [-0.39, 0.29) is 29.0 Å². The van der Waals surface area contributed by atoms with Crippen LogP contribution in [0.15, 0.2) is 55.0 Å². The van der Waals surface area contributed by atoms with Crippen molar-refractivity contribution in [3.05, 3.63) is 71.9 Å². The molecule has 2 atom stereocenters. The van der Waals surface area contributed by atoms with Gasteiger partial charge in [0.05, 0.1) is 5.56 Å². The number of aliphatic hydroxyl groups is 1. The summed E-state index contributed by atoms with van der Waals surface area (Å²) in [5.74, 6) is -0.338. The Morgan fingerprint density at radius 1 is 1.15 bits per heavy atom. The minimum absolute atomic E-state index is 0.107. The third-order valence-corrected chi connectivity index (χ3v) is 6.82. The number of aliphatic hydroxyl groups excluding tert-OH is 1. The molecule has 10 nitrogen and oxygen atoms in total. The lowest BCUT2D eigenvalue weighted by molar-refractivity contribution is -0.140. The molecule has 4 heterocycles. The summed E-state index contributed by atoms with van der Waals surface area (Å²) in [6.45, 7) is 2.40. The molecule has 2 amide bonds. The second kappa shape index (κ2) is 10.6. The Labute approximate surface area is 226 Å². The van der Waals surface area contributed by atoms with Gasteiger partial charge in [-0.05, 0) is 44.0 Å². The van der Waals surface area contributed by atoms with Crippen LogP contribution >= 0.6 is 0 Å². The Hall–Kier alpha value is -4.52. The fourth-order valence-electron chi connectivity index (χ4n) is 4.87. The van der Waals surface area contributed by atoms with Gasteiger partial charge < -0.3 is 21.1 Å². The summed E-state index contributed by atoms with van der Waals surface area (Å²) in [6, 6.07) is 7.97. The van der Waals surface area contributed by atoms with E-state index in [9.17, 15) is 27.9 Å². The van der Waals surface area contributed by atoms with E-state index >= 15 is 0 Å². The zero-order chi connectivity index (χ0) is 28.6.